The zero-order chi connectivity index (χ0) is 26.6. The zero-order valence-corrected chi connectivity index (χ0v) is 27.2. The summed E-state index contributed by atoms with van der Waals surface area (Å²) in [6, 6.07) is 6.61. The number of hydrogen-bond donors (Lipinski definition) is 2. The molecule has 0 aromatic heterocycles. The third-order valence-corrected chi connectivity index (χ3v) is 7.99. The van der Waals surface area contributed by atoms with Gasteiger partial charge in [0.25, 0.3) is 0 Å². The maximum absolute atomic E-state index is 12.0. The van der Waals surface area contributed by atoms with Gasteiger partial charge < -0.3 is 19.2 Å². The minimum absolute atomic E-state index is 0. The standard InChI is InChI=1S/C20H24N2O10S3.2Na/c1-13(2)33(24,25)22-17-9-7-15(19(11-17)35(29,30)31)5-4-14-6-8-16(21-20(23)12-32-3)10-18(14)34(26,27)28;;/h4-11,13,22H,12H2,1-3H3,(H,21,23)(H,26,27,28)(H,29,30,31);;/q;2*+1/p-2. The Morgan fingerprint density at radius 3 is 1.70 bits per heavy atom. The van der Waals surface area contributed by atoms with E-state index >= 15 is 0 Å². The summed E-state index contributed by atoms with van der Waals surface area (Å²) in [6.45, 7) is 2.50. The molecule has 0 aliphatic carbocycles. The van der Waals surface area contributed by atoms with E-state index in [1.165, 1.54) is 39.2 Å². The van der Waals surface area contributed by atoms with Gasteiger partial charge in [-0.1, -0.05) is 24.3 Å². The molecule has 0 unspecified atom stereocenters. The average molecular weight is 593 g/mol. The Kier molecular flexibility index (Phi) is 14.2. The number of anilines is 2. The Bertz CT molecular complexity index is 1470. The molecule has 0 saturated carbocycles. The molecule has 0 fully saturated rings. The van der Waals surface area contributed by atoms with Gasteiger partial charge >= 0.3 is 59.1 Å². The van der Waals surface area contributed by atoms with Crippen LogP contribution in [0.25, 0.3) is 12.2 Å². The molecule has 0 atom stereocenters. The summed E-state index contributed by atoms with van der Waals surface area (Å²) in [6.07, 6.45) is 2.17. The average Bonchev–Trinajstić information content (AvgIpc) is 2.71. The first-order chi connectivity index (χ1) is 16.0. The molecule has 0 saturated heterocycles. The third-order valence-electron chi connectivity index (χ3n) is 4.45. The van der Waals surface area contributed by atoms with Crippen molar-refractivity contribution in [1.82, 2.24) is 0 Å². The first-order valence-corrected chi connectivity index (χ1v) is 14.1. The molecule has 0 bridgehead atoms. The van der Waals surface area contributed by atoms with Crippen molar-refractivity contribution in [3.8, 4) is 0 Å². The molecule has 0 radical (unpaired) electrons. The van der Waals surface area contributed by atoms with Crippen molar-refractivity contribution in [3.63, 3.8) is 0 Å². The first-order valence-electron chi connectivity index (χ1n) is 9.73. The molecule has 2 aromatic carbocycles. The van der Waals surface area contributed by atoms with Crippen LogP contribution >= 0.6 is 0 Å². The van der Waals surface area contributed by atoms with Gasteiger partial charge in [-0.25, -0.2) is 25.3 Å². The van der Waals surface area contributed by atoms with Gasteiger partial charge in [-0.05, 0) is 49.2 Å². The van der Waals surface area contributed by atoms with Gasteiger partial charge in [0, 0.05) is 18.5 Å². The molecule has 17 heteroatoms. The molecule has 2 rings (SSSR count). The SMILES string of the molecule is COCC(=O)Nc1ccc(C=Cc2ccc(NS(=O)(=O)C(C)C)cc2S(=O)(=O)[O-])c(S(=O)(=O)[O-])c1.[Na+].[Na+]. The number of carbonyl (C=O) groups is 1. The van der Waals surface area contributed by atoms with Gasteiger partial charge in [0.15, 0.2) is 0 Å². The third kappa shape index (κ3) is 10.7. The number of ether oxygens (including phenoxy) is 1. The quantitative estimate of drug-likeness (QED) is 0.154. The predicted octanol–water partition coefficient (Wildman–Crippen LogP) is -4.59. The van der Waals surface area contributed by atoms with Gasteiger partial charge in [-0.2, -0.15) is 0 Å². The Morgan fingerprint density at radius 2 is 1.30 bits per heavy atom. The second kappa shape index (κ2) is 14.5. The summed E-state index contributed by atoms with van der Waals surface area (Å²) < 4.78 is 102. The van der Waals surface area contributed by atoms with Crippen molar-refractivity contribution in [2.75, 3.05) is 23.8 Å². The molecule has 12 nitrogen and oxygen atoms in total. The van der Waals surface area contributed by atoms with Crippen molar-refractivity contribution in [2.24, 2.45) is 0 Å². The summed E-state index contributed by atoms with van der Waals surface area (Å²) in [5, 5.41) is 1.52. The van der Waals surface area contributed by atoms with Gasteiger partial charge in [0.2, 0.25) is 15.9 Å². The summed E-state index contributed by atoms with van der Waals surface area (Å²) in [7, 11) is -12.6. The molecule has 37 heavy (non-hydrogen) atoms. The topological polar surface area (TPSA) is 199 Å². The van der Waals surface area contributed by atoms with E-state index in [4.69, 9.17) is 0 Å². The van der Waals surface area contributed by atoms with Crippen LogP contribution in [0, 0.1) is 0 Å². The summed E-state index contributed by atoms with van der Waals surface area (Å²) in [4.78, 5) is 10.2. The Morgan fingerprint density at radius 1 is 0.865 bits per heavy atom. The van der Waals surface area contributed by atoms with Crippen molar-refractivity contribution < 1.29 is 103 Å². The van der Waals surface area contributed by atoms with Gasteiger partial charge in [0.05, 0.1) is 15.0 Å². The Balaban J connectivity index is 0.00000648. The van der Waals surface area contributed by atoms with E-state index in [1.54, 1.807) is 0 Å². The summed E-state index contributed by atoms with van der Waals surface area (Å²) in [5.74, 6) is -0.594. The molecule has 192 valence electrons. The minimum Gasteiger partial charge on any atom is -0.744 e. The summed E-state index contributed by atoms with van der Waals surface area (Å²) >= 11 is 0. The fourth-order valence-electron chi connectivity index (χ4n) is 2.71. The van der Waals surface area contributed by atoms with E-state index < -0.39 is 51.2 Å². The number of nitrogens with one attached hydrogen (secondary N) is 2. The van der Waals surface area contributed by atoms with Crippen LogP contribution in [-0.4, -0.2) is 59.2 Å². The molecular weight excluding hydrogens is 570 g/mol. The van der Waals surface area contributed by atoms with Crippen LogP contribution in [0.1, 0.15) is 25.0 Å². The number of sulfonamides is 1. The maximum Gasteiger partial charge on any atom is 1.00 e. The van der Waals surface area contributed by atoms with Gasteiger partial charge in [0.1, 0.15) is 26.8 Å². The van der Waals surface area contributed by atoms with Crippen LogP contribution in [0.3, 0.4) is 0 Å². The van der Waals surface area contributed by atoms with Crippen molar-refractivity contribution in [2.45, 2.75) is 28.9 Å². The number of amides is 1. The fraction of sp³-hybridized carbons (Fsp3) is 0.250. The monoisotopic (exact) mass is 592 g/mol. The van der Waals surface area contributed by atoms with Crippen molar-refractivity contribution >= 4 is 59.7 Å². The van der Waals surface area contributed by atoms with E-state index in [9.17, 15) is 39.2 Å². The van der Waals surface area contributed by atoms with Gasteiger partial charge in [-0.3, -0.25) is 9.52 Å². The van der Waals surface area contributed by atoms with Crippen molar-refractivity contribution in [1.29, 1.82) is 0 Å². The smallest absolute Gasteiger partial charge is 0.744 e. The summed E-state index contributed by atoms with van der Waals surface area (Å²) in [5.41, 5.74) is -0.490. The number of methoxy groups -OCH3 is 1. The van der Waals surface area contributed by atoms with E-state index in [0.29, 0.717) is 0 Å². The van der Waals surface area contributed by atoms with Gasteiger partial charge in [-0.15, -0.1) is 0 Å². The minimum atomic E-state index is -5.08. The molecule has 0 spiro atoms. The van der Waals surface area contributed by atoms with E-state index in [0.717, 1.165) is 30.4 Å². The number of carbonyl (C=O) groups excluding carboxylic acids is 1. The molecule has 0 aliphatic rings. The van der Waals surface area contributed by atoms with Crippen LogP contribution in [0.15, 0.2) is 46.2 Å². The van der Waals surface area contributed by atoms with Crippen LogP contribution < -0.4 is 69.2 Å². The number of hydrogen-bond acceptors (Lipinski definition) is 10. The Labute approximate surface area is 260 Å². The number of rotatable bonds is 10. The predicted molar refractivity (Wildman–Crippen MR) is 126 cm³/mol. The molecular formula is C20H22N2Na2O10S3. The van der Waals surface area contributed by atoms with Crippen LogP contribution in [0.5, 0.6) is 0 Å². The van der Waals surface area contributed by atoms with Crippen LogP contribution in [0.2, 0.25) is 0 Å². The largest absolute Gasteiger partial charge is 1.00 e. The van der Waals surface area contributed by atoms with E-state index in [1.807, 2.05) is 0 Å². The second-order valence-electron chi connectivity index (χ2n) is 7.42. The molecule has 2 N–H and O–H groups in total. The second-order valence-corrected chi connectivity index (χ2v) is 12.4. The normalized spacial score (nSPS) is 12.1. The van der Waals surface area contributed by atoms with Crippen LogP contribution in [-0.2, 0) is 39.8 Å². The molecule has 0 aliphatic heterocycles. The molecule has 1 amide bonds. The van der Waals surface area contributed by atoms with E-state index in [2.05, 4.69) is 14.8 Å². The first kappa shape index (κ1) is 36.2. The maximum atomic E-state index is 12.0. The molecule has 2 aromatic rings. The van der Waals surface area contributed by atoms with E-state index in [-0.39, 0.29) is 88.2 Å². The Hall–Kier alpha value is -0.820. The number of benzene rings is 2. The fourth-order valence-corrected chi connectivity index (χ4v) is 4.79. The van der Waals surface area contributed by atoms with Crippen LogP contribution in [0.4, 0.5) is 11.4 Å². The zero-order valence-electron chi connectivity index (χ0n) is 20.7. The van der Waals surface area contributed by atoms with Crippen molar-refractivity contribution in [3.05, 3.63) is 47.5 Å². The molecule has 0 heterocycles.